The van der Waals surface area contributed by atoms with Gasteiger partial charge in [0.2, 0.25) is 10.0 Å². The quantitative estimate of drug-likeness (QED) is 0.764. The maximum atomic E-state index is 11.6. The predicted molar refractivity (Wildman–Crippen MR) is 82.7 cm³/mol. The average molecular weight is 316 g/mol. The van der Waals surface area contributed by atoms with Crippen LogP contribution in [0.5, 0.6) is 0 Å². The molecule has 0 aromatic carbocycles. The van der Waals surface area contributed by atoms with Crippen LogP contribution < -0.4 is 0 Å². The summed E-state index contributed by atoms with van der Waals surface area (Å²) in [6, 6.07) is 0.508. The lowest BCUT2D eigenvalue weighted by Crippen LogP contribution is -2.43. The third-order valence-corrected chi connectivity index (χ3v) is 6.79. The molecular formula is C15H28N2O3S. The van der Waals surface area contributed by atoms with E-state index >= 15 is 0 Å². The molecule has 1 aliphatic carbocycles. The van der Waals surface area contributed by atoms with Crippen LogP contribution in [0, 0.1) is 11.3 Å². The molecule has 0 N–H and O–H groups in total. The summed E-state index contributed by atoms with van der Waals surface area (Å²) in [4.78, 5) is 2.42. The zero-order valence-electron chi connectivity index (χ0n) is 13.3. The lowest BCUT2D eigenvalue weighted by molar-refractivity contribution is 0.0784. The first-order valence-corrected chi connectivity index (χ1v) is 9.96. The van der Waals surface area contributed by atoms with Crippen molar-refractivity contribution in [2.75, 3.05) is 46.2 Å². The Bertz CT molecular complexity index is 467. The first-order valence-electron chi connectivity index (χ1n) is 8.11. The molecule has 2 saturated heterocycles. The molecule has 1 atom stereocenters. The van der Waals surface area contributed by atoms with Gasteiger partial charge in [-0.2, -0.15) is 0 Å². The molecule has 0 aromatic rings. The third-order valence-electron chi connectivity index (χ3n) is 5.49. The average Bonchev–Trinajstić information content (AvgIpc) is 3.16. The van der Waals surface area contributed by atoms with E-state index in [1.165, 1.54) is 19.1 Å². The molecule has 3 rings (SSSR count). The molecular weight excluding hydrogens is 288 g/mol. The second-order valence-electron chi connectivity index (χ2n) is 7.42. The van der Waals surface area contributed by atoms with Crippen molar-refractivity contribution in [1.29, 1.82) is 0 Å². The van der Waals surface area contributed by atoms with Crippen LogP contribution in [0.1, 0.15) is 32.1 Å². The maximum Gasteiger partial charge on any atom is 0.211 e. The van der Waals surface area contributed by atoms with Gasteiger partial charge >= 0.3 is 0 Å². The van der Waals surface area contributed by atoms with Gasteiger partial charge in [-0.05, 0) is 50.5 Å². The Morgan fingerprint density at radius 2 is 1.86 bits per heavy atom. The number of likely N-dealkylation sites (N-methyl/N-ethyl adjacent to an activating group) is 1. The van der Waals surface area contributed by atoms with Crippen molar-refractivity contribution in [3.05, 3.63) is 0 Å². The summed E-state index contributed by atoms with van der Waals surface area (Å²) in [7, 11) is -0.838. The van der Waals surface area contributed by atoms with Crippen molar-refractivity contribution in [3.63, 3.8) is 0 Å². The van der Waals surface area contributed by atoms with Gasteiger partial charge in [-0.1, -0.05) is 0 Å². The highest BCUT2D eigenvalue weighted by molar-refractivity contribution is 7.88. The molecule has 3 aliphatic rings. The van der Waals surface area contributed by atoms with Gasteiger partial charge in [0.05, 0.1) is 12.9 Å². The van der Waals surface area contributed by atoms with Crippen LogP contribution in [-0.4, -0.2) is 69.8 Å². The van der Waals surface area contributed by atoms with Gasteiger partial charge in [0, 0.05) is 32.3 Å². The summed E-state index contributed by atoms with van der Waals surface area (Å²) in [6.45, 7) is 4.22. The van der Waals surface area contributed by atoms with Crippen LogP contribution in [-0.2, 0) is 14.8 Å². The van der Waals surface area contributed by atoms with Crippen molar-refractivity contribution >= 4 is 10.0 Å². The topological polar surface area (TPSA) is 49.9 Å². The predicted octanol–water partition coefficient (Wildman–Crippen LogP) is 1.16. The van der Waals surface area contributed by atoms with E-state index < -0.39 is 10.0 Å². The van der Waals surface area contributed by atoms with Crippen LogP contribution in [0.4, 0.5) is 0 Å². The summed E-state index contributed by atoms with van der Waals surface area (Å²) < 4.78 is 30.8. The minimum absolute atomic E-state index is 0.309. The maximum absolute atomic E-state index is 11.6. The van der Waals surface area contributed by atoms with Gasteiger partial charge in [-0.25, -0.2) is 12.7 Å². The van der Waals surface area contributed by atoms with E-state index in [0.29, 0.717) is 24.5 Å². The number of likely N-dealkylation sites (tertiary alicyclic amines) is 1. The molecule has 1 saturated carbocycles. The second kappa shape index (κ2) is 5.80. The van der Waals surface area contributed by atoms with Crippen molar-refractivity contribution in [2.45, 2.75) is 38.1 Å². The molecule has 1 spiro atoms. The Balaban J connectivity index is 1.50. The number of nitrogens with zero attached hydrogens (tertiary/aromatic N) is 2. The van der Waals surface area contributed by atoms with Crippen molar-refractivity contribution < 1.29 is 13.2 Å². The molecule has 3 fully saturated rings. The third kappa shape index (κ3) is 3.78. The smallest absolute Gasteiger partial charge is 0.211 e. The van der Waals surface area contributed by atoms with Gasteiger partial charge in [-0.3, -0.25) is 0 Å². The lowest BCUT2D eigenvalue weighted by Gasteiger charge is -2.38. The normalized spacial score (nSPS) is 31.0. The lowest BCUT2D eigenvalue weighted by atomic mass is 9.77. The minimum Gasteiger partial charge on any atom is -0.380 e. The standard InChI is InChI=1S/C15H28N2O3S/c1-16-12-15(5-7-17(8-6-15)21(2,18)19)9-14(16)11-20-10-13-3-4-13/h13-14H,3-12H2,1-2H3. The summed E-state index contributed by atoms with van der Waals surface area (Å²) in [5.74, 6) is 0.823. The SMILES string of the molecule is CN1CC2(CCN(S(C)(=O)=O)CC2)CC1COCC1CC1. The van der Waals surface area contributed by atoms with Gasteiger partial charge in [0.1, 0.15) is 0 Å². The van der Waals surface area contributed by atoms with Gasteiger partial charge < -0.3 is 9.64 Å². The van der Waals surface area contributed by atoms with Crippen molar-refractivity contribution in [3.8, 4) is 0 Å². The zero-order valence-corrected chi connectivity index (χ0v) is 14.1. The number of ether oxygens (including phenoxy) is 1. The highest BCUT2D eigenvalue weighted by Gasteiger charge is 2.45. The Labute approximate surface area is 128 Å². The van der Waals surface area contributed by atoms with E-state index in [1.807, 2.05) is 0 Å². The highest BCUT2D eigenvalue weighted by Crippen LogP contribution is 2.43. The highest BCUT2D eigenvalue weighted by atomic mass is 32.2. The molecule has 6 heteroatoms. The number of sulfonamides is 1. The fourth-order valence-corrected chi connectivity index (χ4v) is 4.72. The fraction of sp³-hybridized carbons (Fsp3) is 1.00. The molecule has 1 unspecified atom stereocenters. The Morgan fingerprint density at radius 3 is 2.43 bits per heavy atom. The van der Waals surface area contributed by atoms with E-state index in [4.69, 9.17) is 4.74 Å². The monoisotopic (exact) mass is 316 g/mol. The molecule has 2 aliphatic heterocycles. The van der Waals surface area contributed by atoms with E-state index in [9.17, 15) is 8.42 Å². The summed E-state index contributed by atoms with van der Waals surface area (Å²) in [5.41, 5.74) is 0.309. The second-order valence-corrected chi connectivity index (χ2v) is 9.40. The first-order chi connectivity index (χ1) is 9.88. The molecule has 122 valence electrons. The summed E-state index contributed by atoms with van der Waals surface area (Å²) in [5, 5.41) is 0. The van der Waals surface area contributed by atoms with Gasteiger partial charge in [0.15, 0.2) is 0 Å². The van der Waals surface area contributed by atoms with Crippen LogP contribution in [0.2, 0.25) is 0 Å². The van der Waals surface area contributed by atoms with Crippen LogP contribution >= 0.6 is 0 Å². The van der Waals surface area contributed by atoms with Crippen LogP contribution in [0.25, 0.3) is 0 Å². The number of hydrogen-bond acceptors (Lipinski definition) is 4. The zero-order chi connectivity index (χ0) is 15.1. The Hall–Kier alpha value is -0.170. The Morgan fingerprint density at radius 1 is 1.19 bits per heavy atom. The van der Waals surface area contributed by atoms with Gasteiger partial charge in [0.25, 0.3) is 0 Å². The number of hydrogen-bond donors (Lipinski definition) is 0. The molecule has 0 aromatic heterocycles. The van der Waals surface area contributed by atoms with Crippen LogP contribution in [0.3, 0.4) is 0 Å². The van der Waals surface area contributed by atoms with Crippen molar-refractivity contribution in [2.24, 2.45) is 11.3 Å². The van der Waals surface area contributed by atoms with Crippen LogP contribution in [0.15, 0.2) is 0 Å². The Kier molecular flexibility index (Phi) is 4.34. The number of piperidine rings is 1. The first kappa shape index (κ1) is 15.7. The van der Waals surface area contributed by atoms with E-state index in [2.05, 4.69) is 11.9 Å². The molecule has 0 amide bonds. The van der Waals surface area contributed by atoms with E-state index in [-0.39, 0.29) is 0 Å². The molecule has 0 bridgehead atoms. The molecule has 5 nitrogen and oxygen atoms in total. The van der Waals surface area contributed by atoms with E-state index in [0.717, 1.165) is 44.9 Å². The largest absolute Gasteiger partial charge is 0.380 e. The summed E-state index contributed by atoms with van der Waals surface area (Å²) >= 11 is 0. The molecule has 2 heterocycles. The molecule has 0 radical (unpaired) electrons. The fourth-order valence-electron chi connectivity index (χ4n) is 3.87. The number of rotatable bonds is 5. The van der Waals surface area contributed by atoms with E-state index in [1.54, 1.807) is 4.31 Å². The minimum atomic E-state index is -3.02. The van der Waals surface area contributed by atoms with Gasteiger partial charge in [-0.15, -0.1) is 0 Å². The summed E-state index contributed by atoms with van der Waals surface area (Å²) in [6.07, 6.45) is 7.14. The van der Waals surface area contributed by atoms with Crippen molar-refractivity contribution in [1.82, 2.24) is 9.21 Å². The molecule has 21 heavy (non-hydrogen) atoms.